The maximum atomic E-state index is 12.5. The lowest BCUT2D eigenvalue weighted by Gasteiger charge is -2.14. The van der Waals surface area contributed by atoms with Crippen LogP contribution in [0.1, 0.15) is 5.56 Å². The molecule has 2 aromatic carbocycles. The number of hydrazone groups is 1. The van der Waals surface area contributed by atoms with E-state index >= 15 is 0 Å². The van der Waals surface area contributed by atoms with Crippen LogP contribution < -0.4 is 24.4 Å². The van der Waals surface area contributed by atoms with Gasteiger partial charge in [-0.2, -0.15) is 13.9 Å². The maximum Gasteiger partial charge on any atom is 0.387 e. The Labute approximate surface area is 164 Å². The van der Waals surface area contributed by atoms with Crippen molar-refractivity contribution in [2.45, 2.75) is 6.61 Å². The standard InChI is InChI=1S/C18H17ClF2N2O5/c1-25-14-7-11(8-15(26-2)17(14)28-18(20)21)9-22-23-16(24)10-27-13-5-3-12(19)4-6-13/h3-9,18H,10H2,1-2H3,(H,23,24)/b22-9-. The molecule has 0 heterocycles. The van der Waals surface area contributed by atoms with Gasteiger partial charge in [-0.3, -0.25) is 4.79 Å². The summed E-state index contributed by atoms with van der Waals surface area (Å²) in [5, 5.41) is 4.34. The fraction of sp³-hybridized carbons (Fsp3) is 0.222. The van der Waals surface area contributed by atoms with Crippen LogP contribution in [-0.2, 0) is 4.79 Å². The van der Waals surface area contributed by atoms with Crippen molar-refractivity contribution in [3.8, 4) is 23.0 Å². The number of carbonyl (C=O) groups excluding carboxylic acids is 1. The molecule has 1 amide bonds. The van der Waals surface area contributed by atoms with Gasteiger partial charge in [-0.15, -0.1) is 0 Å². The molecule has 0 aliphatic carbocycles. The second-order valence-corrected chi connectivity index (χ2v) is 5.61. The van der Waals surface area contributed by atoms with Gasteiger partial charge in [-0.05, 0) is 36.4 Å². The number of ether oxygens (including phenoxy) is 4. The summed E-state index contributed by atoms with van der Waals surface area (Å²) in [5.74, 6) is -0.204. The average molecular weight is 415 g/mol. The lowest BCUT2D eigenvalue weighted by atomic mass is 10.2. The average Bonchev–Trinajstić information content (AvgIpc) is 2.67. The molecule has 0 radical (unpaired) electrons. The summed E-state index contributed by atoms with van der Waals surface area (Å²) in [4.78, 5) is 11.8. The van der Waals surface area contributed by atoms with E-state index in [9.17, 15) is 13.6 Å². The minimum Gasteiger partial charge on any atom is -0.493 e. The number of carbonyl (C=O) groups is 1. The van der Waals surface area contributed by atoms with Crippen molar-refractivity contribution in [3.05, 3.63) is 47.0 Å². The Balaban J connectivity index is 1.98. The first-order valence-electron chi connectivity index (χ1n) is 7.84. The topological polar surface area (TPSA) is 78.4 Å². The Morgan fingerprint density at radius 1 is 1.18 bits per heavy atom. The van der Waals surface area contributed by atoms with Crippen LogP contribution in [-0.4, -0.2) is 39.6 Å². The van der Waals surface area contributed by atoms with Crippen LogP contribution in [0.2, 0.25) is 5.02 Å². The predicted octanol–water partition coefficient (Wildman–Crippen LogP) is 3.49. The van der Waals surface area contributed by atoms with E-state index < -0.39 is 12.5 Å². The molecule has 1 N–H and O–H groups in total. The normalized spacial score (nSPS) is 10.8. The molecule has 0 bridgehead atoms. The molecular weight excluding hydrogens is 398 g/mol. The van der Waals surface area contributed by atoms with Gasteiger partial charge in [0.25, 0.3) is 5.91 Å². The number of hydrogen-bond acceptors (Lipinski definition) is 6. The molecule has 0 unspecified atom stereocenters. The zero-order chi connectivity index (χ0) is 20.5. The van der Waals surface area contributed by atoms with E-state index in [1.165, 1.54) is 32.6 Å². The number of alkyl halides is 2. The van der Waals surface area contributed by atoms with Gasteiger partial charge in [0.2, 0.25) is 5.75 Å². The summed E-state index contributed by atoms with van der Waals surface area (Å²) in [5.41, 5.74) is 2.71. The van der Waals surface area contributed by atoms with Crippen LogP contribution in [0.5, 0.6) is 23.0 Å². The predicted molar refractivity (Wildman–Crippen MR) is 98.9 cm³/mol. The van der Waals surface area contributed by atoms with Gasteiger partial charge in [-0.1, -0.05) is 11.6 Å². The van der Waals surface area contributed by atoms with E-state index in [1.54, 1.807) is 24.3 Å². The fourth-order valence-corrected chi connectivity index (χ4v) is 2.20. The number of amides is 1. The summed E-state index contributed by atoms with van der Waals surface area (Å²) in [7, 11) is 2.59. The molecule has 0 saturated carbocycles. The lowest BCUT2D eigenvalue weighted by molar-refractivity contribution is -0.123. The molecular formula is C18H17ClF2N2O5. The van der Waals surface area contributed by atoms with Crippen molar-refractivity contribution in [3.63, 3.8) is 0 Å². The van der Waals surface area contributed by atoms with E-state index in [1.807, 2.05) is 0 Å². The molecule has 150 valence electrons. The van der Waals surface area contributed by atoms with Gasteiger partial charge in [0.1, 0.15) is 5.75 Å². The number of nitrogens with one attached hydrogen (secondary N) is 1. The van der Waals surface area contributed by atoms with Crippen molar-refractivity contribution >= 4 is 23.7 Å². The van der Waals surface area contributed by atoms with Crippen molar-refractivity contribution in [2.75, 3.05) is 20.8 Å². The van der Waals surface area contributed by atoms with Gasteiger partial charge in [0.15, 0.2) is 18.1 Å². The number of nitrogens with zero attached hydrogens (tertiary/aromatic N) is 1. The van der Waals surface area contributed by atoms with Gasteiger partial charge >= 0.3 is 6.61 Å². The van der Waals surface area contributed by atoms with E-state index in [0.717, 1.165) is 0 Å². The Bertz CT molecular complexity index is 806. The van der Waals surface area contributed by atoms with Crippen molar-refractivity contribution in [1.82, 2.24) is 5.43 Å². The Kier molecular flexibility index (Phi) is 7.82. The minimum atomic E-state index is -3.04. The van der Waals surface area contributed by atoms with Crippen LogP contribution >= 0.6 is 11.6 Å². The Morgan fingerprint density at radius 2 is 1.79 bits per heavy atom. The molecule has 0 fully saturated rings. The second-order valence-electron chi connectivity index (χ2n) is 5.17. The zero-order valence-electron chi connectivity index (χ0n) is 14.9. The van der Waals surface area contributed by atoms with Crippen molar-refractivity contribution < 1.29 is 32.5 Å². The highest BCUT2D eigenvalue weighted by atomic mass is 35.5. The summed E-state index contributed by atoms with van der Waals surface area (Å²) in [6.07, 6.45) is 1.29. The molecule has 0 atom stereocenters. The van der Waals surface area contributed by atoms with Crippen LogP contribution in [0.25, 0.3) is 0 Å². The monoisotopic (exact) mass is 414 g/mol. The van der Waals surface area contributed by atoms with Crippen LogP contribution in [0.15, 0.2) is 41.5 Å². The molecule has 0 aromatic heterocycles. The smallest absolute Gasteiger partial charge is 0.387 e. The Hall–Kier alpha value is -3.07. The first-order valence-corrected chi connectivity index (χ1v) is 8.21. The molecule has 28 heavy (non-hydrogen) atoms. The van der Waals surface area contributed by atoms with Crippen LogP contribution in [0.4, 0.5) is 8.78 Å². The van der Waals surface area contributed by atoms with Gasteiger partial charge in [0, 0.05) is 10.6 Å². The highest BCUT2D eigenvalue weighted by Gasteiger charge is 2.17. The van der Waals surface area contributed by atoms with Crippen LogP contribution in [0, 0.1) is 0 Å². The maximum absolute atomic E-state index is 12.5. The Morgan fingerprint density at radius 3 is 2.32 bits per heavy atom. The number of benzene rings is 2. The van der Waals surface area contributed by atoms with Gasteiger partial charge in [-0.25, -0.2) is 5.43 Å². The van der Waals surface area contributed by atoms with Crippen molar-refractivity contribution in [1.29, 1.82) is 0 Å². The zero-order valence-corrected chi connectivity index (χ0v) is 15.7. The molecule has 0 aliphatic heterocycles. The third kappa shape index (κ3) is 6.27. The summed E-state index contributed by atoms with van der Waals surface area (Å²) < 4.78 is 44.8. The SMILES string of the molecule is COc1cc(/C=N\NC(=O)COc2ccc(Cl)cc2)cc(OC)c1OC(F)F. The molecule has 2 aromatic rings. The highest BCUT2D eigenvalue weighted by molar-refractivity contribution is 6.30. The molecule has 7 nitrogen and oxygen atoms in total. The quantitative estimate of drug-likeness (QED) is 0.502. The number of rotatable bonds is 9. The third-order valence-corrected chi connectivity index (χ3v) is 3.53. The number of hydrogen-bond donors (Lipinski definition) is 1. The molecule has 2 rings (SSSR count). The first-order chi connectivity index (χ1) is 13.4. The summed E-state index contributed by atoms with van der Waals surface area (Å²) in [6, 6.07) is 9.32. The molecule has 0 spiro atoms. The summed E-state index contributed by atoms with van der Waals surface area (Å²) in [6.45, 7) is -3.30. The third-order valence-electron chi connectivity index (χ3n) is 3.28. The van der Waals surface area contributed by atoms with Crippen LogP contribution in [0.3, 0.4) is 0 Å². The number of halogens is 3. The minimum absolute atomic E-state index is 0.0264. The number of methoxy groups -OCH3 is 2. The molecule has 0 saturated heterocycles. The highest BCUT2D eigenvalue weighted by Crippen LogP contribution is 2.39. The fourth-order valence-electron chi connectivity index (χ4n) is 2.07. The second kappa shape index (κ2) is 10.3. The lowest BCUT2D eigenvalue weighted by Crippen LogP contribution is -2.24. The van der Waals surface area contributed by atoms with Gasteiger partial charge < -0.3 is 18.9 Å². The summed E-state index contributed by atoms with van der Waals surface area (Å²) >= 11 is 5.76. The van der Waals surface area contributed by atoms with Gasteiger partial charge in [0.05, 0.1) is 20.4 Å². The van der Waals surface area contributed by atoms with E-state index in [4.69, 9.17) is 25.8 Å². The van der Waals surface area contributed by atoms with E-state index in [-0.39, 0.29) is 23.9 Å². The largest absolute Gasteiger partial charge is 0.493 e. The van der Waals surface area contributed by atoms with E-state index in [2.05, 4.69) is 15.3 Å². The van der Waals surface area contributed by atoms with Crippen molar-refractivity contribution in [2.24, 2.45) is 5.10 Å². The molecule has 10 heteroatoms. The first kappa shape index (κ1) is 21.2. The van der Waals surface area contributed by atoms with E-state index in [0.29, 0.717) is 16.3 Å². The molecule has 0 aliphatic rings.